The maximum absolute atomic E-state index is 14.1. The topological polar surface area (TPSA) is 60.2 Å². The predicted molar refractivity (Wildman–Crippen MR) is 135 cm³/mol. The molecule has 5 aromatic rings. The third-order valence-electron chi connectivity index (χ3n) is 6.36. The highest BCUT2D eigenvalue weighted by atomic mass is 35.5. The predicted octanol–water partition coefficient (Wildman–Crippen LogP) is 6.17. The number of hydrogen-bond donors (Lipinski definition) is 1. The second kappa shape index (κ2) is 9.00. The van der Waals surface area contributed by atoms with Gasteiger partial charge in [-0.2, -0.15) is 0 Å². The number of halogens is 3. The molecule has 0 radical (unpaired) electrons. The molecular formula is C28H22ClF2N3O2. The first-order valence-electron chi connectivity index (χ1n) is 11.1. The lowest BCUT2D eigenvalue weighted by molar-refractivity contribution is 0.117. The van der Waals surface area contributed by atoms with Crippen molar-refractivity contribution in [2.45, 2.75) is 12.5 Å². The summed E-state index contributed by atoms with van der Waals surface area (Å²) in [6, 6.07) is 15.2. The van der Waals surface area contributed by atoms with Crippen molar-refractivity contribution in [3.05, 3.63) is 112 Å². The van der Waals surface area contributed by atoms with Gasteiger partial charge in [-0.25, -0.2) is 18.7 Å². The molecule has 1 unspecified atom stereocenters. The summed E-state index contributed by atoms with van der Waals surface area (Å²) in [5, 5.41) is 13.1. The lowest BCUT2D eigenvalue weighted by Crippen LogP contribution is -2.31. The van der Waals surface area contributed by atoms with Crippen LogP contribution < -0.4 is 4.74 Å². The molecular weight excluding hydrogens is 484 g/mol. The van der Waals surface area contributed by atoms with Crippen molar-refractivity contribution in [3.8, 4) is 17.0 Å². The van der Waals surface area contributed by atoms with Gasteiger partial charge in [0.15, 0.2) is 5.60 Å². The van der Waals surface area contributed by atoms with Gasteiger partial charge in [0.25, 0.3) is 0 Å². The molecule has 2 aromatic heterocycles. The second-order valence-corrected chi connectivity index (χ2v) is 8.99. The second-order valence-electron chi connectivity index (χ2n) is 8.62. The Bertz CT molecular complexity index is 1600. The molecule has 0 bridgehead atoms. The monoisotopic (exact) mass is 505 g/mol. The highest BCUT2D eigenvalue weighted by Crippen LogP contribution is 2.44. The number of imidazole rings is 1. The van der Waals surface area contributed by atoms with Gasteiger partial charge in [-0.05, 0) is 59.5 Å². The third kappa shape index (κ3) is 3.81. The lowest BCUT2D eigenvalue weighted by Gasteiger charge is -2.30. The molecule has 0 aliphatic heterocycles. The van der Waals surface area contributed by atoms with Crippen LogP contribution in [0, 0.1) is 18.6 Å². The van der Waals surface area contributed by atoms with Crippen molar-refractivity contribution in [2.75, 3.05) is 7.11 Å². The number of pyridine rings is 1. The minimum atomic E-state index is -1.68. The summed E-state index contributed by atoms with van der Waals surface area (Å²) in [5.41, 5.74) is 2.00. The molecule has 1 N–H and O–H groups in total. The number of rotatable bonds is 5. The Balaban J connectivity index is 1.83. The van der Waals surface area contributed by atoms with Crippen LogP contribution in [0.4, 0.5) is 8.78 Å². The highest BCUT2D eigenvalue weighted by molar-refractivity contribution is 6.38. The highest BCUT2D eigenvalue weighted by Gasteiger charge is 2.37. The van der Waals surface area contributed by atoms with Gasteiger partial charge in [-0.3, -0.25) is 0 Å². The van der Waals surface area contributed by atoms with Gasteiger partial charge in [0, 0.05) is 12.4 Å². The summed E-state index contributed by atoms with van der Waals surface area (Å²) in [6.45, 7) is 1.85. The SMILES string of the molecule is COc1nc2c(C)cc(C(O)(c3ccc(F)cc3)c3cncn3C)cc2c(Cl)c1-c1cccc(F)c1. The molecule has 2 heterocycles. The average molecular weight is 506 g/mol. The van der Waals surface area contributed by atoms with E-state index in [0.717, 1.165) is 5.56 Å². The largest absolute Gasteiger partial charge is 0.480 e. The van der Waals surface area contributed by atoms with Crippen LogP contribution in [0.25, 0.3) is 22.0 Å². The van der Waals surface area contributed by atoms with Gasteiger partial charge in [-0.1, -0.05) is 41.9 Å². The van der Waals surface area contributed by atoms with Crippen molar-refractivity contribution >= 4 is 22.5 Å². The Morgan fingerprint density at radius 3 is 2.39 bits per heavy atom. The van der Waals surface area contributed by atoms with Crippen LogP contribution in [-0.4, -0.2) is 26.8 Å². The van der Waals surface area contributed by atoms with E-state index in [9.17, 15) is 13.9 Å². The Labute approximate surface area is 211 Å². The molecule has 3 aromatic carbocycles. The average Bonchev–Trinajstić information content (AvgIpc) is 3.30. The van der Waals surface area contributed by atoms with Gasteiger partial charge in [0.05, 0.1) is 41.4 Å². The van der Waals surface area contributed by atoms with Crippen molar-refractivity contribution in [1.82, 2.24) is 14.5 Å². The molecule has 36 heavy (non-hydrogen) atoms. The third-order valence-corrected chi connectivity index (χ3v) is 6.75. The summed E-state index contributed by atoms with van der Waals surface area (Å²) in [6.07, 6.45) is 3.15. The molecule has 0 aliphatic carbocycles. The molecule has 0 aliphatic rings. The van der Waals surface area contributed by atoms with Gasteiger partial charge in [0.2, 0.25) is 5.88 Å². The van der Waals surface area contributed by atoms with E-state index in [2.05, 4.69) is 9.97 Å². The number of benzene rings is 3. The fourth-order valence-corrected chi connectivity index (χ4v) is 4.93. The smallest absolute Gasteiger partial charge is 0.223 e. The summed E-state index contributed by atoms with van der Waals surface area (Å²) < 4.78 is 35.0. The summed E-state index contributed by atoms with van der Waals surface area (Å²) in [5.74, 6) is -0.577. The van der Waals surface area contributed by atoms with Crippen LogP contribution in [0.2, 0.25) is 5.02 Å². The Hall–Kier alpha value is -3.81. The normalized spacial score (nSPS) is 13.1. The summed E-state index contributed by atoms with van der Waals surface area (Å²) in [4.78, 5) is 8.85. The first kappa shape index (κ1) is 23.9. The minimum Gasteiger partial charge on any atom is -0.480 e. The van der Waals surface area contributed by atoms with Gasteiger partial charge in [0.1, 0.15) is 11.6 Å². The van der Waals surface area contributed by atoms with Crippen LogP contribution >= 0.6 is 11.6 Å². The van der Waals surface area contributed by atoms with Gasteiger partial charge < -0.3 is 14.4 Å². The number of ether oxygens (including phenoxy) is 1. The first-order chi connectivity index (χ1) is 17.2. The van der Waals surface area contributed by atoms with Crippen molar-refractivity contribution in [1.29, 1.82) is 0 Å². The zero-order valence-corrected chi connectivity index (χ0v) is 20.5. The molecule has 0 saturated heterocycles. The molecule has 5 rings (SSSR count). The number of aryl methyl sites for hydroxylation is 2. The van der Waals surface area contributed by atoms with Gasteiger partial charge >= 0.3 is 0 Å². The van der Waals surface area contributed by atoms with Crippen molar-refractivity contribution in [3.63, 3.8) is 0 Å². The number of methoxy groups -OCH3 is 1. The molecule has 0 spiro atoms. The molecule has 1 atom stereocenters. The molecule has 0 saturated carbocycles. The number of nitrogens with zero attached hydrogens (tertiary/aromatic N) is 3. The van der Waals surface area contributed by atoms with Crippen LogP contribution in [0.1, 0.15) is 22.4 Å². The Kier molecular flexibility index (Phi) is 5.98. The van der Waals surface area contributed by atoms with E-state index in [1.54, 1.807) is 42.3 Å². The zero-order valence-electron chi connectivity index (χ0n) is 19.8. The fourth-order valence-electron chi connectivity index (χ4n) is 4.59. The van der Waals surface area contributed by atoms with Crippen LogP contribution in [-0.2, 0) is 12.6 Å². The van der Waals surface area contributed by atoms with E-state index < -0.39 is 17.2 Å². The van der Waals surface area contributed by atoms with E-state index in [0.29, 0.717) is 43.9 Å². The number of hydrogen-bond acceptors (Lipinski definition) is 4. The van der Waals surface area contributed by atoms with Gasteiger partial charge in [-0.15, -0.1) is 0 Å². The molecule has 182 valence electrons. The van der Waals surface area contributed by atoms with E-state index in [1.807, 2.05) is 13.0 Å². The van der Waals surface area contributed by atoms with E-state index in [1.165, 1.54) is 43.5 Å². The number of aliphatic hydroxyl groups is 1. The van der Waals surface area contributed by atoms with Crippen LogP contribution in [0.15, 0.2) is 73.2 Å². The molecule has 8 heteroatoms. The lowest BCUT2D eigenvalue weighted by atomic mass is 9.82. The minimum absolute atomic E-state index is 0.259. The standard InChI is InChI=1S/C28H22ClF2N3O2/c1-16-11-19(28(35,23-14-32-15-34(23)2)18-7-9-20(30)10-8-18)13-22-25(29)24(27(36-3)33-26(16)22)17-5-4-6-21(31)12-17/h4-15,35H,1-3H3. The molecule has 5 nitrogen and oxygen atoms in total. The quantitative estimate of drug-likeness (QED) is 0.310. The van der Waals surface area contributed by atoms with Crippen molar-refractivity contribution in [2.24, 2.45) is 7.05 Å². The van der Waals surface area contributed by atoms with Crippen molar-refractivity contribution < 1.29 is 18.6 Å². The number of fused-ring (bicyclic) bond motifs is 1. The maximum atomic E-state index is 14.1. The van der Waals surface area contributed by atoms with Crippen LogP contribution in [0.3, 0.4) is 0 Å². The Morgan fingerprint density at radius 1 is 1.00 bits per heavy atom. The number of aromatic nitrogens is 3. The molecule has 0 fully saturated rings. The van der Waals surface area contributed by atoms with E-state index in [-0.39, 0.29) is 5.88 Å². The van der Waals surface area contributed by atoms with E-state index >= 15 is 0 Å². The summed E-state index contributed by atoms with van der Waals surface area (Å²) in [7, 11) is 3.25. The summed E-state index contributed by atoms with van der Waals surface area (Å²) >= 11 is 6.94. The van der Waals surface area contributed by atoms with Crippen LogP contribution in [0.5, 0.6) is 5.88 Å². The maximum Gasteiger partial charge on any atom is 0.223 e. The fraction of sp³-hybridized carbons (Fsp3) is 0.143. The Morgan fingerprint density at radius 2 is 1.75 bits per heavy atom. The zero-order chi connectivity index (χ0) is 25.6. The van der Waals surface area contributed by atoms with E-state index in [4.69, 9.17) is 16.3 Å². The first-order valence-corrected chi connectivity index (χ1v) is 11.5. The molecule has 0 amide bonds.